The molecule has 1 aromatic carbocycles. The van der Waals surface area contributed by atoms with Gasteiger partial charge in [0.15, 0.2) is 5.78 Å². The molecule has 5 heteroatoms. The van der Waals surface area contributed by atoms with Crippen molar-refractivity contribution in [1.29, 1.82) is 0 Å². The Morgan fingerprint density at radius 2 is 1.74 bits per heavy atom. The van der Waals surface area contributed by atoms with Gasteiger partial charge in [0, 0.05) is 50.7 Å². The Bertz CT molecular complexity index is 611. The van der Waals surface area contributed by atoms with Crippen molar-refractivity contribution in [3.05, 3.63) is 35.9 Å². The van der Waals surface area contributed by atoms with Crippen LogP contribution in [0.4, 0.5) is 0 Å². The highest BCUT2D eigenvalue weighted by molar-refractivity contribution is 5.96. The quantitative estimate of drug-likeness (QED) is 0.748. The molecule has 2 saturated heterocycles. The molecule has 5 nitrogen and oxygen atoms in total. The molecule has 1 unspecified atom stereocenters. The number of carbonyl (C=O) groups is 2. The van der Waals surface area contributed by atoms with Gasteiger partial charge in [0.05, 0.1) is 0 Å². The van der Waals surface area contributed by atoms with E-state index in [4.69, 9.17) is 0 Å². The number of amides is 1. The number of piperidine rings is 2. The van der Waals surface area contributed by atoms with Crippen LogP contribution in [-0.2, 0) is 4.79 Å². The highest BCUT2D eigenvalue weighted by Gasteiger charge is 2.29. The molecule has 0 radical (unpaired) electrons. The number of hydrogen-bond acceptors (Lipinski definition) is 4. The molecule has 3 rings (SSSR count). The van der Waals surface area contributed by atoms with Crippen molar-refractivity contribution < 1.29 is 14.7 Å². The van der Waals surface area contributed by atoms with Gasteiger partial charge in [0.1, 0.15) is 0 Å². The number of benzene rings is 1. The fourth-order valence-corrected chi connectivity index (χ4v) is 4.39. The summed E-state index contributed by atoms with van der Waals surface area (Å²) in [6, 6.07) is 9.84. The van der Waals surface area contributed by atoms with Crippen LogP contribution >= 0.6 is 0 Å². The summed E-state index contributed by atoms with van der Waals surface area (Å²) in [6.45, 7) is 4.04. The molecule has 1 aromatic rings. The van der Waals surface area contributed by atoms with E-state index in [1.807, 2.05) is 35.2 Å². The van der Waals surface area contributed by atoms with Crippen LogP contribution < -0.4 is 0 Å². The van der Waals surface area contributed by atoms with Crippen LogP contribution in [0.15, 0.2) is 30.3 Å². The van der Waals surface area contributed by atoms with Crippen LogP contribution in [0.3, 0.4) is 0 Å². The maximum atomic E-state index is 12.5. The smallest absolute Gasteiger partial charge is 0.222 e. The predicted octanol–water partition coefficient (Wildman–Crippen LogP) is 2.73. The van der Waals surface area contributed by atoms with Crippen LogP contribution in [-0.4, -0.2) is 65.4 Å². The summed E-state index contributed by atoms with van der Waals surface area (Å²) in [5.74, 6) is 0.715. The van der Waals surface area contributed by atoms with Gasteiger partial charge in [-0.15, -0.1) is 0 Å². The van der Waals surface area contributed by atoms with E-state index in [1.165, 1.54) is 6.42 Å². The van der Waals surface area contributed by atoms with E-state index in [1.54, 1.807) is 0 Å². The first kappa shape index (κ1) is 20.0. The zero-order chi connectivity index (χ0) is 19.1. The van der Waals surface area contributed by atoms with E-state index in [-0.39, 0.29) is 18.3 Å². The van der Waals surface area contributed by atoms with Crippen LogP contribution in [0.2, 0.25) is 0 Å². The molecule has 0 aliphatic carbocycles. The van der Waals surface area contributed by atoms with Gasteiger partial charge in [0.25, 0.3) is 0 Å². The number of Topliss-reactive ketones (excluding diaryl/α,β-unsaturated/α-hetero) is 1. The minimum absolute atomic E-state index is 0.116. The largest absolute Gasteiger partial charge is 0.396 e. The summed E-state index contributed by atoms with van der Waals surface area (Å²) < 4.78 is 0. The van der Waals surface area contributed by atoms with E-state index in [0.717, 1.165) is 51.0 Å². The summed E-state index contributed by atoms with van der Waals surface area (Å²) in [4.78, 5) is 29.1. The summed E-state index contributed by atoms with van der Waals surface area (Å²) in [6.07, 6.45) is 5.85. The zero-order valence-electron chi connectivity index (χ0n) is 16.2. The summed E-state index contributed by atoms with van der Waals surface area (Å²) in [7, 11) is 0. The van der Waals surface area contributed by atoms with Gasteiger partial charge < -0.3 is 10.0 Å². The second-order valence-corrected chi connectivity index (χ2v) is 7.94. The molecule has 2 fully saturated rings. The highest BCUT2D eigenvalue weighted by atomic mass is 16.3. The molecular weight excluding hydrogens is 340 g/mol. The van der Waals surface area contributed by atoms with Crippen molar-refractivity contribution in [1.82, 2.24) is 9.80 Å². The molecule has 2 heterocycles. The van der Waals surface area contributed by atoms with E-state index in [0.29, 0.717) is 31.2 Å². The topological polar surface area (TPSA) is 60.9 Å². The van der Waals surface area contributed by atoms with Gasteiger partial charge in [-0.1, -0.05) is 30.3 Å². The summed E-state index contributed by atoms with van der Waals surface area (Å²) >= 11 is 0. The highest BCUT2D eigenvalue weighted by Crippen LogP contribution is 2.24. The first-order valence-electron chi connectivity index (χ1n) is 10.4. The van der Waals surface area contributed by atoms with Crippen molar-refractivity contribution in [2.24, 2.45) is 5.92 Å². The van der Waals surface area contributed by atoms with Gasteiger partial charge in [-0.05, 0) is 44.6 Å². The molecule has 2 aliphatic rings. The molecule has 0 bridgehead atoms. The lowest BCUT2D eigenvalue weighted by Crippen LogP contribution is -2.50. The number of hydrogen-bond donors (Lipinski definition) is 1. The second-order valence-electron chi connectivity index (χ2n) is 7.94. The second kappa shape index (κ2) is 10.00. The molecule has 1 atom stereocenters. The molecule has 148 valence electrons. The summed E-state index contributed by atoms with van der Waals surface area (Å²) in [5, 5.41) is 9.41. The standard InChI is InChI=1S/C22H32N2O3/c25-17-18-6-5-13-24(16-18)20-11-14-23(15-12-20)22(27)10-4-9-21(26)19-7-2-1-3-8-19/h1-3,7-8,18,20,25H,4-6,9-17H2. The van der Waals surface area contributed by atoms with Crippen LogP contribution in [0.5, 0.6) is 0 Å². The summed E-state index contributed by atoms with van der Waals surface area (Å²) in [5.41, 5.74) is 0.730. The number of ketones is 1. The predicted molar refractivity (Wildman–Crippen MR) is 106 cm³/mol. The third-order valence-corrected chi connectivity index (χ3v) is 6.03. The van der Waals surface area contributed by atoms with Gasteiger partial charge in [-0.3, -0.25) is 14.5 Å². The van der Waals surface area contributed by atoms with Gasteiger partial charge in [0.2, 0.25) is 5.91 Å². The van der Waals surface area contributed by atoms with Crippen molar-refractivity contribution in [2.45, 2.75) is 51.0 Å². The van der Waals surface area contributed by atoms with Crippen molar-refractivity contribution in [3.8, 4) is 0 Å². The molecule has 1 amide bonds. The van der Waals surface area contributed by atoms with Crippen LogP contribution in [0.25, 0.3) is 0 Å². The number of likely N-dealkylation sites (tertiary alicyclic amines) is 2. The third kappa shape index (κ3) is 5.63. The lowest BCUT2D eigenvalue weighted by atomic mass is 9.94. The lowest BCUT2D eigenvalue weighted by molar-refractivity contribution is -0.133. The van der Waals surface area contributed by atoms with Crippen LogP contribution in [0.1, 0.15) is 55.3 Å². The first-order chi connectivity index (χ1) is 13.2. The minimum Gasteiger partial charge on any atom is -0.396 e. The van der Waals surface area contributed by atoms with E-state index in [2.05, 4.69) is 4.90 Å². The Balaban J connectivity index is 1.36. The van der Waals surface area contributed by atoms with E-state index >= 15 is 0 Å². The first-order valence-corrected chi connectivity index (χ1v) is 10.4. The van der Waals surface area contributed by atoms with E-state index < -0.39 is 0 Å². The normalized spacial score (nSPS) is 22.0. The average molecular weight is 373 g/mol. The minimum atomic E-state index is 0.116. The molecule has 0 spiro atoms. The number of rotatable bonds is 7. The number of nitrogens with zero attached hydrogens (tertiary/aromatic N) is 2. The number of aliphatic hydroxyl groups is 1. The number of aliphatic hydroxyl groups excluding tert-OH is 1. The molecule has 27 heavy (non-hydrogen) atoms. The third-order valence-electron chi connectivity index (χ3n) is 6.03. The Kier molecular flexibility index (Phi) is 7.41. The zero-order valence-corrected chi connectivity index (χ0v) is 16.2. The van der Waals surface area contributed by atoms with Gasteiger partial charge in [-0.25, -0.2) is 0 Å². The van der Waals surface area contributed by atoms with Crippen molar-refractivity contribution in [3.63, 3.8) is 0 Å². The molecule has 2 aliphatic heterocycles. The number of carbonyl (C=O) groups excluding carboxylic acids is 2. The Labute approximate surface area is 162 Å². The van der Waals surface area contributed by atoms with E-state index in [9.17, 15) is 14.7 Å². The molecular formula is C22H32N2O3. The Morgan fingerprint density at radius 3 is 2.44 bits per heavy atom. The maximum absolute atomic E-state index is 12.5. The fourth-order valence-electron chi connectivity index (χ4n) is 4.39. The molecule has 0 saturated carbocycles. The molecule has 1 N–H and O–H groups in total. The van der Waals surface area contributed by atoms with Crippen molar-refractivity contribution >= 4 is 11.7 Å². The monoisotopic (exact) mass is 372 g/mol. The SMILES string of the molecule is O=C(CCCC(=O)N1CCC(N2CCCC(CO)C2)CC1)c1ccccc1. The van der Waals surface area contributed by atoms with Gasteiger partial charge in [-0.2, -0.15) is 0 Å². The van der Waals surface area contributed by atoms with Crippen LogP contribution in [0, 0.1) is 5.92 Å². The van der Waals surface area contributed by atoms with Crippen molar-refractivity contribution in [2.75, 3.05) is 32.8 Å². The average Bonchev–Trinajstić information content (AvgIpc) is 2.74. The maximum Gasteiger partial charge on any atom is 0.222 e. The Hall–Kier alpha value is -1.72. The molecule has 0 aromatic heterocycles. The lowest BCUT2D eigenvalue weighted by Gasteiger charge is -2.42. The van der Waals surface area contributed by atoms with Gasteiger partial charge >= 0.3 is 0 Å². The fraction of sp³-hybridized carbons (Fsp3) is 0.636. The Morgan fingerprint density at radius 1 is 1.00 bits per heavy atom.